The van der Waals surface area contributed by atoms with Crippen LogP contribution in [0.1, 0.15) is 34.1 Å². The number of carbonyl (C=O) groups excluding carboxylic acids is 1. The second kappa shape index (κ2) is 9.11. The molecule has 0 spiro atoms. The van der Waals surface area contributed by atoms with Crippen molar-refractivity contribution in [2.24, 2.45) is 0 Å². The minimum Gasteiger partial charge on any atom is -0.378 e. The lowest BCUT2D eigenvalue weighted by Gasteiger charge is -2.37. The zero-order valence-corrected chi connectivity index (χ0v) is 17.9. The molecule has 30 heavy (non-hydrogen) atoms. The van der Waals surface area contributed by atoms with Crippen molar-refractivity contribution in [1.82, 2.24) is 15.1 Å². The van der Waals surface area contributed by atoms with Gasteiger partial charge < -0.3 is 15.5 Å². The lowest BCUT2D eigenvalue weighted by Crippen LogP contribution is -2.47. The van der Waals surface area contributed by atoms with Crippen molar-refractivity contribution in [1.29, 1.82) is 0 Å². The van der Waals surface area contributed by atoms with E-state index in [0.29, 0.717) is 17.8 Å². The number of hydrogen-bond donors (Lipinski definition) is 2. The van der Waals surface area contributed by atoms with Crippen LogP contribution in [-0.2, 0) is 0 Å². The molecule has 4 rings (SSSR count). The number of hydrogen-bond acceptors (Lipinski definition) is 7. The first kappa shape index (κ1) is 20.8. The minimum atomic E-state index is -0.424. The smallest absolute Gasteiger partial charge is 0.293 e. The Morgan fingerprint density at radius 2 is 2.03 bits per heavy atom. The Morgan fingerprint density at radius 1 is 1.27 bits per heavy atom. The first-order valence-electron chi connectivity index (χ1n) is 10.3. The van der Waals surface area contributed by atoms with E-state index in [0.717, 1.165) is 39.0 Å². The van der Waals surface area contributed by atoms with Crippen molar-refractivity contribution in [2.45, 2.75) is 24.9 Å². The number of nitrogens with zero attached hydrogens (tertiary/aromatic N) is 3. The zero-order valence-electron chi connectivity index (χ0n) is 17.0. The number of likely N-dealkylation sites (N-methyl/N-ethyl adjacent to an activating group) is 1. The fraction of sp³-hybridized carbons (Fsp3) is 0.476. The molecular formula is C21H27N5O3S. The van der Waals surface area contributed by atoms with Crippen LogP contribution in [0.25, 0.3) is 0 Å². The molecule has 1 amide bonds. The molecule has 9 heteroatoms. The van der Waals surface area contributed by atoms with E-state index in [-0.39, 0.29) is 23.7 Å². The van der Waals surface area contributed by atoms with Gasteiger partial charge in [-0.05, 0) is 43.5 Å². The number of nitrogens with one attached hydrogen (secondary N) is 2. The van der Waals surface area contributed by atoms with Gasteiger partial charge in [-0.2, -0.15) is 0 Å². The Bertz CT molecular complexity index is 892. The second-order valence-corrected chi connectivity index (χ2v) is 8.97. The maximum Gasteiger partial charge on any atom is 0.293 e. The molecule has 0 bridgehead atoms. The van der Waals surface area contributed by atoms with Gasteiger partial charge >= 0.3 is 0 Å². The normalized spacial score (nSPS) is 18.7. The summed E-state index contributed by atoms with van der Waals surface area (Å²) < 4.78 is 0. The van der Waals surface area contributed by atoms with Crippen molar-refractivity contribution in [3.8, 4) is 0 Å². The van der Waals surface area contributed by atoms with Crippen LogP contribution in [0.2, 0.25) is 0 Å². The van der Waals surface area contributed by atoms with Gasteiger partial charge in [-0.15, -0.1) is 11.3 Å². The molecule has 1 saturated heterocycles. The number of piperazine rings is 1. The predicted octanol–water partition coefficient (Wildman–Crippen LogP) is 2.95. The van der Waals surface area contributed by atoms with Gasteiger partial charge in [-0.1, -0.05) is 6.07 Å². The van der Waals surface area contributed by atoms with Gasteiger partial charge in [0.15, 0.2) is 0 Å². The molecule has 1 aliphatic heterocycles. The van der Waals surface area contributed by atoms with E-state index in [9.17, 15) is 14.9 Å². The van der Waals surface area contributed by atoms with Gasteiger partial charge in [-0.3, -0.25) is 19.8 Å². The summed E-state index contributed by atoms with van der Waals surface area (Å²) in [4.78, 5) is 29.5. The van der Waals surface area contributed by atoms with Crippen LogP contribution in [-0.4, -0.2) is 66.4 Å². The quantitative estimate of drug-likeness (QED) is 0.495. The van der Waals surface area contributed by atoms with E-state index in [1.54, 1.807) is 23.5 Å². The minimum absolute atomic E-state index is 0.0678. The number of nitro groups is 1. The standard InChI is InChI=1S/C21H27N5O3S/c1-24-8-10-25(11-9-24)19(20-3-2-12-30-20)14-22-17-7-4-15(13-18(17)26(28)29)21(27)23-16-5-6-16/h2-4,7,12-13,16,19,22H,5-6,8-11,14H2,1H3,(H,23,27). The summed E-state index contributed by atoms with van der Waals surface area (Å²) in [6, 6.07) is 9.20. The molecule has 1 aromatic heterocycles. The average molecular weight is 430 g/mol. The maximum absolute atomic E-state index is 12.3. The SMILES string of the molecule is CN1CCN(C(CNc2ccc(C(=O)NC3CC3)cc2[N+](=O)[O-])c2cccs2)CC1. The molecular weight excluding hydrogens is 402 g/mol. The van der Waals surface area contributed by atoms with Gasteiger partial charge in [0.05, 0.1) is 11.0 Å². The van der Waals surface area contributed by atoms with Crippen molar-refractivity contribution in [3.05, 3.63) is 56.3 Å². The first-order valence-corrected chi connectivity index (χ1v) is 11.2. The molecule has 2 aliphatic rings. The van der Waals surface area contributed by atoms with Crippen LogP contribution < -0.4 is 10.6 Å². The summed E-state index contributed by atoms with van der Waals surface area (Å²) in [5.74, 6) is -0.249. The number of thiophene rings is 1. The lowest BCUT2D eigenvalue weighted by atomic mass is 10.1. The molecule has 1 aliphatic carbocycles. The van der Waals surface area contributed by atoms with E-state index in [1.165, 1.54) is 10.9 Å². The van der Waals surface area contributed by atoms with Gasteiger partial charge in [0.1, 0.15) is 5.69 Å². The van der Waals surface area contributed by atoms with E-state index in [2.05, 4.69) is 38.9 Å². The summed E-state index contributed by atoms with van der Waals surface area (Å²) in [7, 11) is 2.13. The van der Waals surface area contributed by atoms with E-state index in [1.807, 2.05) is 6.07 Å². The summed E-state index contributed by atoms with van der Waals surface area (Å²) in [6.45, 7) is 4.50. The average Bonchev–Trinajstić information content (AvgIpc) is 3.39. The Labute approximate surface area is 180 Å². The third-order valence-electron chi connectivity index (χ3n) is 5.71. The Balaban J connectivity index is 1.49. The van der Waals surface area contributed by atoms with Gasteiger partial charge in [0, 0.05) is 55.3 Å². The van der Waals surface area contributed by atoms with E-state index in [4.69, 9.17) is 0 Å². The molecule has 0 radical (unpaired) electrons. The molecule has 2 N–H and O–H groups in total. The molecule has 1 unspecified atom stereocenters. The monoisotopic (exact) mass is 429 g/mol. The number of rotatable bonds is 8. The highest BCUT2D eigenvalue weighted by Gasteiger charge is 2.27. The fourth-order valence-corrected chi connectivity index (χ4v) is 4.56. The van der Waals surface area contributed by atoms with Crippen LogP contribution in [0.5, 0.6) is 0 Å². The highest BCUT2D eigenvalue weighted by Crippen LogP contribution is 2.30. The largest absolute Gasteiger partial charge is 0.378 e. The number of amides is 1. The lowest BCUT2D eigenvalue weighted by molar-refractivity contribution is -0.384. The third-order valence-corrected chi connectivity index (χ3v) is 6.68. The summed E-state index contributed by atoms with van der Waals surface area (Å²) in [6.07, 6.45) is 1.95. The predicted molar refractivity (Wildman–Crippen MR) is 118 cm³/mol. The molecule has 2 fully saturated rings. The summed E-state index contributed by atoms with van der Waals surface area (Å²) in [5.41, 5.74) is 0.702. The van der Waals surface area contributed by atoms with E-state index >= 15 is 0 Å². The van der Waals surface area contributed by atoms with Crippen molar-refractivity contribution >= 4 is 28.6 Å². The molecule has 1 atom stereocenters. The number of nitro benzene ring substituents is 1. The highest BCUT2D eigenvalue weighted by atomic mass is 32.1. The van der Waals surface area contributed by atoms with Gasteiger partial charge in [0.2, 0.25) is 0 Å². The Kier molecular flexibility index (Phi) is 6.31. The highest BCUT2D eigenvalue weighted by molar-refractivity contribution is 7.10. The zero-order chi connectivity index (χ0) is 21.1. The molecule has 2 heterocycles. The topological polar surface area (TPSA) is 90.8 Å². The summed E-state index contributed by atoms with van der Waals surface area (Å²) >= 11 is 1.71. The van der Waals surface area contributed by atoms with Crippen molar-refractivity contribution in [3.63, 3.8) is 0 Å². The van der Waals surface area contributed by atoms with Crippen LogP contribution in [0.3, 0.4) is 0 Å². The number of benzene rings is 1. The molecule has 1 aromatic carbocycles. The molecule has 160 valence electrons. The van der Waals surface area contributed by atoms with Crippen LogP contribution in [0.4, 0.5) is 11.4 Å². The third kappa shape index (κ3) is 4.97. The number of carbonyl (C=O) groups is 1. The van der Waals surface area contributed by atoms with Crippen LogP contribution >= 0.6 is 11.3 Å². The molecule has 8 nitrogen and oxygen atoms in total. The fourth-order valence-electron chi connectivity index (χ4n) is 3.70. The molecule has 1 saturated carbocycles. The first-order chi connectivity index (χ1) is 14.5. The molecule has 2 aromatic rings. The van der Waals surface area contributed by atoms with E-state index < -0.39 is 4.92 Å². The van der Waals surface area contributed by atoms with Gasteiger partial charge in [-0.25, -0.2) is 0 Å². The maximum atomic E-state index is 12.3. The summed E-state index contributed by atoms with van der Waals surface area (Å²) in [5, 5.41) is 19.9. The van der Waals surface area contributed by atoms with Crippen molar-refractivity contribution < 1.29 is 9.72 Å². The van der Waals surface area contributed by atoms with Crippen LogP contribution in [0, 0.1) is 10.1 Å². The van der Waals surface area contributed by atoms with Gasteiger partial charge in [0.25, 0.3) is 11.6 Å². The van der Waals surface area contributed by atoms with Crippen LogP contribution in [0.15, 0.2) is 35.7 Å². The number of anilines is 1. The second-order valence-electron chi connectivity index (χ2n) is 7.99. The Hall–Kier alpha value is -2.49. The van der Waals surface area contributed by atoms with Crippen molar-refractivity contribution in [2.75, 3.05) is 45.1 Å². The Morgan fingerprint density at radius 3 is 2.67 bits per heavy atom.